The van der Waals surface area contributed by atoms with Crippen LogP contribution in [-0.2, 0) is 0 Å². The average molecular weight is 381 g/mol. The first kappa shape index (κ1) is 23.4. The zero-order valence-corrected chi connectivity index (χ0v) is 18.5. The van der Waals surface area contributed by atoms with Crippen LogP contribution in [0, 0.1) is 24.2 Å². The molecule has 1 fully saturated rings. The molecule has 27 heavy (non-hydrogen) atoms. The van der Waals surface area contributed by atoms with Gasteiger partial charge in [-0.2, -0.15) is 0 Å². The van der Waals surface area contributed by atoms with Crippen LogP contribution in [0.3, 0.4) is 0 Å². The third-order valence-electron chi connectivity index (χ3n) is 4.78. The lowest BCUT2D eigenvalue weighted by molar-refractivity contribution is 0.512. The Kier molecular flexibility index (Phi) is 11.0. The monoisotopic (exact) mass is 380 g/mol. The summed E-state index contributed by atoms with van der Waals surface area (Å²) in [4.78, 5) is 1.95. The molecule has 0 unspecified atom stereocenters. The van der Waals surface area contributed by atoms with E-state index in [4.69, 9.17) is 6.42 Å². The van der Waals surface area contributed by atoms with Crippen molar-refractivity contribution in [3.8, 4) is 12.3 Å². The quantitative estimate of drug-likeness (QED) is 0.242. The maximum Gasteiger partial charge on any atom is 0.0250 e. The molecule has 0 amide bonds. The zero-order chi connectivity index (χ0) is 20.2. The summed E-state index contributed by atoms with van der Waals surface area (Å²) in [7, 11) is 0. The SMILES string of the molecule is C#CC(/C=C\C)=C/C(=C)SC(=C)/C=C(\C=C(/C)C1CC1)C(CCC)CCC. The summed E-state index contributed by atoms with van der Waals surface area (Å²) in [5.74, 6) is 4.10. The summed E-state index contributed by atoms with van der Waals surface area (Å²) in [5.41, 5.74) is 3.80. The molecule has 0 nitrogen and oxygen atoms in total. The van der Waals surface area contributed by atoms with E-state index in [1.54, 1.807) is 11.8 Å². The molecule has 0 aliphatic heterocycles. The highest BCUT2D eigenvalue weighted by atomic mass is 32.2. The van der Waals surface area contributed by atoms with Crippen LogP contribution in [0.25, 0.3) is 0 Å². The molecule has 0 N–H and O–H groups in total. The lowest BCUT2D eigenvalue weighted by Crippen LogP contribution is -2.04. The fraction of sp³-hybridized carbons (Fsp3) is 0.462. The van der Waals surface area contributed by atoms with Gasteiger partial charge in [0.2, 0.25) is 0 Å². The number of hydrogen-bond acceptors (Lipinski definition) is 1. The lowest BCUT2D eigenvalue weighted by atomic mass is 9.88. The van der Waals surface area contributed by atoms with Crippen LogP contribution in [0.1, 0.15) is 66.2 Å². The average Bonchev–Trinajstić information content (AvgIpc) is 3.45. The van der Waals surface area contributed by atoms with E-state index in [-0.39, 0.29) is 0 Å². The summed E-state index contributed by atoms with van der Waals surface area (Å²) in [5, 5.41) is 0. The van der Waals surface area contributed by atoms with E-state index >= 15 is 0 Å². The van der Waals surface area contributed by atoms with Crippen molar-refractivity contribution in [1.29, 1.82) is 0 Å². The molecule has 0 spiro atoms. The summed E-state index contributed by atoms with van der Waals surface area (Å²) >= 11 is 1.60. The molecular weight excluding hydrogens is 344 g/mol. The Hall–Kier alpha value is -1.65. The van der Waals surface area contributed by atoms with E-state index in [0.717, 1.165) is 21.3 Å². The van der Waals surface area contributed by atoms with Crippen molar-refractivity contribution in [2.45, 2.75) is 66.2 Å². The molecule has 1 aliphatic carbocycles. The van der Waals surface area contributed by atoms with Gasteiger partial charge in [0.25, 0.3) is 0 Å². The number of thioether (sulfide) groups is 1. The molecule has 1 rings (SSSR count). The van der Waals surface area contributed by atoms with Crippen molar-refractivity contribution in [3.05, 3.63) is 70.1 Å². The Balaban J connectivity index is 3.00. The molecule has 0 radical (unpaired) electrons. The third-order valence-corrected chi connectivity index (χ3v) is 5.54. The smallest absolute Gasteiger partial charge is 0.0250 e. The first-order valence-corrected chi connectivity index (χ1v) is 11.0. The highest BCUT2D eigenvalue weighted by Crippen LogP contribution is 2.38. The van der Waals surface area contributed by atoms with Gasteiger partial charge in [-0.05, 0) is 69.1 Å². The lowest BCUT2D eigenvalue weighted by Gasteiger charge is -2.19. The van der Waals surface area contributed by atoms with E-state index in [0.29, 0.717) is 5.92 Å². The van der Waals surface area contributed by atoms with Gasteiger partial charge in [-0.25, -0.2) is 0 Å². The Bertz CT molecular complexity index is 665. The van der Waals surface area contributed by atoms with Crippen molar-refractivity contribution in [1.82, 2.24) is 0 Å². The van der Waals surface area contributed by atoms with Gasteiger partial charge >= 0.3 is 0 Å². The van der Waals surface area contributed by atoms with Crippen LogP contribution in [0.15, 0.2) is 70.1 Å². The summed E-state index contributed by atoms with van der Waals surface area (Å²) in [6.45, 7) is 17.2. The van der Waals surface area contributed by atoms with Crippen LogP contribution >= 0.6 is 11.8 Å². The fourth-order valence-corrected chi connectivity index (χ4v) is 3.99. The van der Waals surface area contributed by atoms with Gasteiger partial charge in [-0.3, -0.25) is 0 Å². The molecule has 1 heteroatoms. The zero-order valence-electron chi connectivity index (χ0n) is 17.7. The van der Waals surface area contributed by atoms with Crippen LogP contribution in [0.4, 0.5) is 0 Å². The van der Waals surface area contributed by atoms with E-state index < -0.39 is 0 Å². The van der Waals surface area contributed by atoms with Crippen molar-refractivity contribution < 1.29 is 0 Å². The Morgan fingerprint density at radius 3 is 2.19 bits per heavy atom. The van der Waals surface area contributed by atoms with Crippen molar-refractivity contribution >= 4 is 11.8 Å². The number of terminal acetylenes is 1. The van der Waals surface area contributed by atoms with Crippen LogP contribution < -0.4 is 0 Å². The van der Waals surface area contributed by atoms with Crippen LogP contribution in [0.5, 0.6) is 0 Å². The van der Waals surface area contributed by atoms with E-state index in [9.17, 15) is 0 Å². The van der Waals surface area contributed by atoms with Gasteiger partial charge in [0.15, 0.2) is 0 Å². The number of rotatable bonds is 12. The largest absolute Gasteiger partial charge is 0.115 e. The topological polar surface area (TPSA) is 0 Å². The molecular formula is C26H36S. The van der Waals surface area contributed by atoms with Gasteiger partial charge in [-0.15, -0.1) is 6.42 Å². The maximum atomic E-state index is 5.55. The van der Waals surface area contributed by atoms with E-state index in [2.05, 4.69) is 52.0 Å². The predicted octanol–water partition coefficient (Wildman–Crippen LogP) is 8.38. The molecule has 0 atom stereocenters. The molecule has 0 heterocycles. The minimum Gasteiger partial charge on any atom is -0.115 e. The highest BCUT2D eigenvalue weighted by molar-refractivity contribution is 8.07. The van der Waals surface area contributed by atoms with Crippen molar-refractivity contribution in [3.63, 3.8) is 0 Å². The second-order valence-electron chi connectivity index (χ2n) is 7.36. The summed E-state index contributed by atoms with van der Waals surface area (Å²) in [6.07, 6.45) is 23.7. The first-order valence-electron chi connectivity index (χ1n) is 10.2. The molecule has 0 bridgehead atoms. The fourth-order valence-electron chi connectivity index (χ4n) is 3.28. The molecule has 0 aromatic heterocycles. The normalized spacial score (nSPS) is 16.1. The first-order chi connectivity index (χ1) is 12.9. The predicted molar refractivity (Wildman–Crippen MR) is 125 cm³/mol. The van der Waals surface area contributed by atoms with Gasteiger partial charge in [-0.1, -0.05) is 81.3 Å². The summed E-state index contributed by atoms with van der Waals surface area (Å²) in [6, 6.07) is 0. The van der Waals surface area contributed by atoms with E-state index in [1.165, 1.54) is 49.7 Å². The Morgan fingerprint density at radius 1 is 1.11 bits per heavy atom. The maximum absolute atomic E-state index is 5.55. The van der Waals surface area contributed by atoms with Crippen LogP contribution in [0.2, 0.25) is 0 Å². The molecule has 0 aromatic carbocycles. The molecule has 1 saturated carbocycles. The minimum absolute atomic E-state index is 0.610. The molecule has 146 valence electrons. The second kappa shape index (κ2) is 12.7. The molecule has 0 aromatic rings. The Morgan fingerprint density at radius 2 is 1.70 bits per heavy atom. The van der Waals surface area contributed by atoms with Crippen molar-refractivity contribution in [2.75, 3.05) is 0 Å². The Labute approximate surface area is 172 Å². The highest BCUT2D eigenvalue weighted by Gasteiger charge is 2.23. The number of allylic oxidation sites excluding steroid dienone is 8. The third kappa shape index (κ3) is 9.21. The van der Waals surface area contributed by atoms with Gasteiger partial charge in [0.1, 0.15) is 0 Å². The van der Waals surface area contributed by atoms with Crippen LogP contribution in [-0.4, -0.2) is 0 Å². The van der Waals surface area contributed by atoms with Crippen molar-refractivity contribution in [2.24, 2.45) is 11.8 Å². The molecule has 0 saturated heterocycles. The van der Waals surface area contributed by atoms with Gasteiger partial charge < -0.3 is 0 Å². The van der Waals surface area contributed by atoms with E-state index in [1.807, 2.05) is 25.2 Å². The van der Waals surface area contributed by atoms with Gasteiger partial charge in [0, 0.05) is 15.4 Å². The number of hydrogen-bond donors (Lipinski definition) is 0. The minimum atomic E-state index is 0.610. The standard InChI is InChI=1S/C26H36S/c1-8-12-23(11-4)18-21(6)27-22(7)19-26(17-20(5)24-15-16-24)25(13-9-2)14-10-3/h4,8,12,17-19,24-25H,6-7,9-10,13-16H2,1-3,5H3/b12-8-,20-17+,23-18-,26-19+. The van der Waals surface area contributed by atoms with Gasteiger partial charge in [0.05, 0.1) is 0 Å². The molecule has 1 aliphatic rings. The second-order valence-corrected chi connectivity index (χ2v) is 8.61. The summed E-state index contributed by atoms with van der Waals surface area (Å²) < 4.78 is 0.